The van der Waals surface area contributed by atoms with Crippen LogP contribution >= 0.6 is 0 Å². The number of aromatic nitrogens is 4. The number of nitrogens with zero attached hydrogens (tertiary/aromatic N) is 3. The van der Waals surface area contributed by atoms with Gasteiger partial charge in [-0.25, -0.2) is 15.0 Å². The fourth-order valence-electron chi connectivity index (χ4n) is 2.77. The smallest absolute Gasteiger partial charge is 0.253 e. The summed E-state index contributed by atoms with van der Waals surface area (Å²) in [5, 5.41) is 7.06. The van der Waals surface area contributed by atoms with Crippen LogP contribution in [-0.4, -0.2) is 38.4 Å². The molecule has 0 radical (unpaired) electrons. The first kappa shape index (κ1) is 15.5. The summed E-state index contributed by atoms with van der Waals surface area (Å²) in [6, 6.07) is 3.67. The van der Waals surface area contributed by atoms with Gasteiger partial charge in [0.05, 0.1) is 18.0 Å². The molecule has 1 saturated carbocycles. The Morgan fingerprint density at radius 1 is 1.28 bits per heavy atom. The molecule has 0 bridgehead atoms. The Labute approximate surface area is 143 Å². The summed E-state index contributed by atoms with van der Waals surface area (Å²) >= 11 is 0. The van der Waals surface area contributed by atoms with Crippen LogP contribution in [0, 0.1) is 11.9 Å². The summed E-state index contributed by atoms with van der Waals surface area (Å²) in [5.41, 5.74) is 1.28. The zero-order valence-corrected chi connectivity index (χ0v) is 13.4. The molecular formula is C17H17FN6O. The number of H-pyrrole nitrogens is 1. The van der Waals surface area contributed by atoms with Crippen LogP contribution in [0.3, 0.4) is 0 Å². The summed E-state index contributed by atoms with van der Waals surface area (Å²) in [5.74, 6) is 0.148. The minimum atomic E-state index is -0.620. The number of nitrogens with one attached hydrogen (secondary N) is 3. The Morgan fingerprint density at radius 2 is 2.16 bits per heavy atom. The van der Waals surface area contributed by atoms with Crippen LogP contribution in [0.4, 0.5) is 10.2 Å². The normalized spacial score (nSPS) is 15.1. The van der Waals surface area contributed by atoms with E-state index in [1.807, 2.05) is 12.1 Å². The van der Waals surface area contributed by atoms with Crippen molar-refractivity contribution >= 4 is 22.8 Å². The van der Waals surface area contributed by atoms with Crippen molar-refractivity contribution in [2.45, 2.75) is 18.9 Å². The molecule has 4 rings (SSSR count). The third-order valence-electron chi connectivity index (χ3n) is 4.29. The minimum absolute atomic E-state index is 0.0266. The third-order valence-corrected chi connectivity index (χ3v) is 4.29. The molecule has 1 aliphatic rings. The summed E-state index contributed by atoms with van der Waals surface area (Å²) in [4.78, 5) is 27.3. The molecule has 0 aliphatic heterocycles. The highest BCUT2D eigenvalue weighted by atomic mass is 19.1. The van der Waals surface area contributed by atoms with Gasteiger partial charge >= 0.3 is 0 Å². The molecule has 1 fully saturated rings. The van der Waals surface area contributed by atoms with Crippen LogP contribution < -0.4 is 10.6 Å². The lowest BCUT2D eigenvalue weighted by atomic mass is 10.1. The molecule has 7 nitrogen and oxygen atoms in total. The lowest BCUT2D eigenvalue weighted by Gasteiger charge is -2.19. The number of halogens is 1. The van der Waals surface area contributed by atoms with E-state index in [0.29, 0.717) is 23.8 Å². The molecule has 1 amide bonds. The molecule has 1 aliphatic carbocycles. The summed E-state index contributed by atoms with van der Waals surface area (Å²) < 4.78 is 12.8. The monoisotopic (exact) mass is 340 g/mol. The SMILES string of the molecule is O=C(NC(CNc1cnc(F)cn1)C1CC1)c1cnc2[nH]ccc2c1. The highest BCUT2D eigenvalue weighted by Gasteiger charge is 2.32. The number of fused-ring (bicyclic) bond motifs is 1. The Morgan fingerprint density at radius 3 is 2.92 bits per heavy atom. The fraction of sp³-hybridized carbons (Fsp3) is 0.294. The molecule has 8 heteroatoms. The lowest BCUT2D eigenvalue weighted by Crippen LogP contribution is -2.41. The maximum Gasteiger partial charge on any atom is 0.253 e. The highest BCUT2D eigenvalue weighted by Crippen LogP contribution is 2.32. The molecule has 0 aromatic carbocycles. The molecule has 0 saturated heterocycles. The van der Waals surface area contributed by atoms with Crippen molar-refractivity contribution < 1.29 is 9.18 Å². The van der Waals surface area contributed by atoms with E-state index in [0.717, 1.165) is 30.1 Å². The summed E-state index contributed by atoms with van der Waals surface area (Å²) in [7, 11) is 0. The second-order valence-corrected chi connectivity index (χ2v) is 6.16. The van der Waals surface area contributed by atoms with Gasteiger partial charge in [0.1, 0.15) is 11.5 Å². The van der Waals surface area contributed by atoms with E-state index in [4.69, 9.17) is 0 Å². The van der Waals surface area contributed by atoms with E-state index in [-0.39, 0.29) is 11.9 Å². The van der Waals surface area contributed by atoms with Crippen molar-refractivity contribution in [1.82, 2.24) is 25.3 Å². The maximum atomic E-state index is 12.8. The molecule has 1 atom stereocenters. The van der Waals surface area contributed by atoms with Crippen molar-refractivity contribution in [2.75, 3.05) is 11.9 Å². The fourth-order valence-corrected chi connectivity index (χ4v) is 2.77. The number of hydrogen-bond donors (Lipinski definition) is 3. The number of anilines is 1. The summed E-state index contributed by atoms with van der Waals surface area (Å²) in [6.07, 6.45) is 7.92. The Bertz CT molecular complexity index is 890. The van der Waals surface area contributed by atoms with E-state index in [1.54, 1.807) is 12.4 Å². The van der Waals surface area contributed by atoms with Gasteiger partial charge in [0.15, 0.2) is 0 Å². The van der Waals surface area contributed by atoms with Crippen molar-refractivity contribution in [2.24, 2.45) is 5.92 Å². The van der Waals surface area contributed by atoms with Crippen LogP contribution in [0.15, 0.2) is 36.9 Å². The van der Waals surface area contributed by atoms with Crippen LogP contribution in [0.5, 0.6) is 0 Å². The molecule has 3 aromatic rings. The van der Waals surface area contributed by atoms with Gasteiger partial charge in [-0.1, -0.05) is 0 Å². The van der Waals surface area contributed by atoms with Crippen LogP contribution in [0.1, 0.15) is 23.2 Å². The zero-order chi connectivity index (χ0) is 17.2. The Balaban J connectivity index is 1.42. The molecule has 1 unspecified atom stereocenters. The van der Waals surface area contributed by atoms with Crippen LogP contribution in [0.25, 0.3) is 11.0 Å². The zero-order valence-electron chi connectivity index (χ0n) is 13.4. The molecule has 128 valence electrons. The highest BCUT2D eigenvalue weighted by molar-refractivity contribution is 5.97. The number of rotatable bonds is 6. The van der Waals surface area contributed by atoms with Gasteiger partial charge in [-0.3, -0.25) is 4.79 Å². The van der Waals surface area contributed by atoms with Gasteiger partial charge in [-0.2, -0.15) is 4.39 Å². The average molecular weight is 340 g/mol. The van der Waals surface area contributed by atoms with Crippen molar-refractivity contribution in [3.05, 3.63) is 48.4 Å². The minimum Gasteiger partial charge on any atom is -0.367 e. The number of pyridine rings is 1. The average Bonchev–Trinajstić information content (AvgIpc) is 3.36. The first-order valence-corrected chi connectivity index (χ1v) is 8.14. The quantitative estimate of drug-likeness (QED) is 0.639. The van der Waals surface area contributed by atoms with Gasteiger partial charge in [-0.15, -0.1) is 0 Å². The van der Waals surface area contributed by atoms with Crippen LogP contribution in [-0.2, 0) is 0 Å². The molecule has 3 heterocycles. The first-order valence-electron chi connectivity index (χ1n) is 8.14. The molecule has 25 heavy (non-hydrogen) atoms. The van der Waals surface area contributed by atoms with Crippen LogP contribution in [0.2, 0.25) is 0 Å². The van der Waals surface area contributed by atoms with Crippen molar-refractivity contribution in [3.63, 3.8) is 0 Å². The Kier molecular flexibility index (Phi) is 4.01. The predicted octanol–water partition coefficient (Wildman–Crippen LogP) is 2.11. The lowest BCUT2D eigenvalue weighted by molar-refractivity contribution is 0.0934. The topological polar surface area (TPSA) is 95.6 Å². The standard InChI is InChI=1S/C17H17FN6O/c18-14-8-22-15(9-20-14)21-7-13(10-1-2-10)24-17(25)12-5-11-3-4-19-16(11)23-6-12/h3-6,8-10,13H,1-2,7H2,(H,19,23)(H,21,22)(H,24,25). The second-order valence-electron chi connectivity index (χ2n) is 6.16. The van der Waals surface area contributed by atoms with E-state index in [2.05, 4.69) is 30.6 Å². The van der Waals surface area contributed by atoms with Gasteiger partial charge in [0.2, 0.25) is 5.95 Å². The van der Waals surface area contributed by atoms with E-state index >= 15 is 0 Å². The first-order chi connectivity index (χ1) is 12.2. The van der Waals surface area contributed by atoms with E-state index in [1.165, 1.54) is 6.20 Å². The van der Waals surface area contributed by atoms with Gasteiger partial charge < -0.3 is 15.6 Å². The number of hydrogen-bond acceptors (Lipinski definition) is 5. The number of carbonyl (C=O) groups is 1. The molecule has 3 aromatic heterocycles. The maximum absolute atomic E-state index is 12.8. The second kappa shape index (κ2) is 6.46. The van der Waals surface area contributed by atoms with Crippen molar-refractivity contribution in [1.29, 1.82) is 0 Å². The van der Waals surface area contributed by atoms with Gasteiger partial charge in [0.25, 0.3) is 5.91 Å². The van der Waals surface area contributed by atoms with Gasteiger partial charge in [-0.05, 0) is 30.9 Å². The Hall–Kier alpha value is -3.03. The molecule has 0 spiro atoms. The van der Waals surface area contributed by atoms with Gasteiger partial charge in [0, 0.05) is 30.4 Å². The summed E-state index contributed by atoms with van der Waals surface area (Å²) in [6.45, 7) is 0.510. The largest absolute Gasteiger partial charge is 0.367 e. The number of carbonyl (C=O) groups excluding carboxylic acids is 1. The van der Waals surface area contributed by atoms with Crippen molar-refractivity contribution in [3.8, 4) is 0 Å². The predicted molar refractivity (Wildman–Crippen MR) is 90.6 cm³/mol. The van der Waals surface area contributed by atoms with E-state index < -0.39 is 5.95 Å². The van der Waals surface area contributed by atoms with E-state index in [9.17, 15) is 9.18 Å². The molecular weight excluding hydrogens is 323 g/mol. The number of amides is 1. The molecule has 3 N–H and O–H groups in total. The number of aromatic amines is 1. The third kappa shape index (κ3) is 3.57.